The predicted molar refractivity (Wildman–Crippen MR) is 130 cm³/mol. The smallest absolute Gasteiger partial charge is 0.151 e. The first kappa shape index (κ1) is 21.2. The van der Waals surface area contributed by atoms with Gasteiger partial charge in [-0.05, 0) is 57.4 Å². The second-order valence-electron chi connectivity index (χ2n) is 8.29. The number of rotatable bonds is 5. The number of nitrogens with one attached hydrogen (secondary N) is 1. The number of hydrogen-bond donors (Lipinski definition) is 1. The third-order valence-corrected chi connectivity index (χ3v) is 7.41. The van der Waals surface area contributed by atoms with Gasteiger partial charge in [0.2, 0.25) is 0 Å². The number of anilines is 1. The van der Waals surface area contributed by atoms with E-state index in [0.717, 1.165) is 24.0 Å². The Morgan fingerprint density at radius 2 is 1.91 bits per heavy atom. The van der Waals surface area contributed by atoms with Gasteiger partial charge in [0.25, 0.3) is 0 Å². The molecule has 8 heteroatoms. The van der Waals surface area contributed by atoms with Crippen molar-refractivity contribution >= 4 is 41.7 Å². The van der Waals surface area contributed by atoms with Gasteiger partial charge in [0.05, 0.1) is 38.6 Å². The van der Waals surface area contributed by atoms with Crippen molar-refractivity contribution in [3.05, 3.63) is 71.0 Å². The van der Waals surface area contributed by atoms with E-state index in [2.05, 4.69) is 38.6 Å². The van der Waals surface area contributed by atoms with Crippen LogP contribution in [0.2, 0.25) is 5.02 Å². The van der Waals surface area contributed by atoms with Crippen molar-refractivity contribution in [3.63, 3.8) is 0 Å². The molecule has 5 rings (SSSR count). The average Bonchev–Trinajstić information content (AvgIpc) is 3.58. The minimum atomic E-state index is -0.437. The standard InChI is InChI=1S/C24H22ClFN5P/c1-14-20(25)23(31-24(9-10-24)18-6-4-5-11-27-18)22-17(29-14)12-16(26)21(30-22)15-7-8-19(28-13-15)32(2)3/h4-8,11-13H,9-10H2,1-3H3,(H,29,31). The molecule has 1 aliphatic carbocycles. The van der Waals surface area contributed by atoms with Crippen molar-refractivity contribution in [3.8, 4) is 11.3 Å². The first-order valence-corrected chi connectivity index (χ1v) is 13.0. The second-order valence-corrected chi connectivity index (χ2v) is 10.9. The van der Waals surface area contributed by atoms with Crippen LogP contribution in [0.25, 0.3) is 22.3 Å². The zero-order valence-electron chi connectivity index (χ0n) is 18.0. The lowest BCUT2D eigenvalue weighted by Crippen LogP contribution is -2.21. The topological polar surface area (TPSA) is 63.6 Å². The van der Waals surface area contributed by atoms with E-state index in [9.17, 15) is 0 Å². The van der Waals surface area contributed by atoms with Crippen LogP contribution < -0.4 is 10.8 Å². The van der Waals surface area contributed by atoms with Gasteiger partial charge in [-0.15, -0.1) is 0 Å². The first-order chi connectivity index (χ1) is 15.4. The van der Waals surface area contributed by atoms with Crippen LogP contribution in [0.15, 0.2) is 48.8 Å². The molecule has 1 N–H and O–H groups in total. The average molecular weight is 466 g/mol. The molecule has 0 radical (unpaired) electrons. The largest absolute Gasteiger partial charge is 0.371 e. The lowest BCUT2D eigenvalue weighted by molar-refractivity contribution is 0.628. The third kappa shape index (κ3) is 3.72. The zero-order valence-corrected chi connectivity index (χ0v) is 19.7. The van der Waals surface area contributed by atoms with Gasteiger partial charge < -0.3 is 5.32 Å². The number of aromatic nitrogens is 4. The maximum Gasteiger partial charge on any atom is 0.151 e. The van der Waals surface area contributed by atoms with E-state index in [1.807, 2.05) is 37.3 Å². The van der Waals surface area contributed by atoms with Gasteiger partial charge in [-0.3, -0.25) is 9.97 Å². The van der Waals surface area contributed by atoms with Crippen LogP contribution in [0.1, 0.15) is 24.2 Å². The Balaban J connectivity index is 1.64. The molecule has 0 saturated heterocycles. The molecule has 4 aromatic rings. The number of aryl methyl sites for hydroxylation is 1. The van der Waals surface area contributed by atoms with Crippen LogP contribution in [0.5, 0.6) is 0 Å². The SMILES string of the molecule is Cc1nc2cc(F)c(-c3ccc(P(C)C)nc3)nc2c(NC2(c3ccccn3)CC2)c1Cl. The quantitative estimate of drug-likeness (QED) is 0.385. The lowest BCUT2D eigenvalue weighted by atomic mass is 10.1. The van der Waals surface area contributed by atoms with Crippen molar-refractivity contribution in [2.45, 2.75) is 25.3 Å². The third-order valence-electron chi connectivity index (χ3n) is 5.77. The molecule has 5 nitrogen and oxygen atoms in total. The van der Waals surface area contributed by atoms with Gasteiger partial charge >= 0.3 is 0 Å². The molecule has 1 saturated carbocycles. The van der Waals surface area contributed by atoms with E-state index >= 15 is 4.39 Å². The van der Waals surface area contributed by atoms with E-state index < -0.39 is 5.82 Å². The van der Waals surface area contributed by atoms with Crippen LogP contribution in [0, 0.1) is 12.7 Å². The van der Waals surface area contributed by atoms with E-state index in [1.165, 1.54) is 6.07 Å². The highest BCUT2D eigenvalue weighted by atomic mass is 35.5. The Morgan fingerprint density at radius 1 is 1.09 bits per heavy atom. The van der Waals surface area contributed by atoms with Gasteiger partial charge in [-0.2, -0.15) is 0 Å². The summed E-state index contributed by atoms with van der Waals surface area (Å²) in [6.45, 7) is 6.08. The molecule has 0 aliphatic heterocycles. The van der Waals surface area contributed by atoms with Crippen molar-refractivity contribution in [1.29, 1.82) is 0 Å². The number of pyridine rings is 4. The molecular weight excluding hydrogens is 444 g/mol. The summed E-state index contributed by atoms with van der Waals surface area (Å²) in [5, 5.41) is 4.07. The normalized spacial score (nSPS) is 14.7. The number of halogens is 2. The van der Waals surface area contributed by atoms with Crippen LogP contribution in [0.3, 0.4) is 0 Å². The molecule has 0 bridgehead atoms. The molecular formula is C24H22ClFN5P. The maximum absolute atomic E-state index is 15.1. The molecule has 4 heterocycles. The fourth-order valence-electron chi connectivity index (χ4n) is 3.83. The minimum Gasteiger partial charge on any atom is -0.371 e. The van der Waals surface area contributed by atoms with Gasteiger partial charge in [0.1, 0.15) is 11.2 Å². The summed E-state index contributed by atoms with van der Waals surface area (Å²) in [5.41, 5.74) is 4.81. The molecule has 0 unspecified atom stereocenters. The van der Waals surface area contributed by atoms with Crippen LogP contribution in [-0.2, 0) is 5.54 Å². The molecule has 1 aliphatic rings. The summed E-state index contributed by atoms with van der Waals surface area (Å²) in [5.74, 6) is -0.437. The fourth-order valence-corrected chi connectivity index (χ4v) is 4.67. The summed E-state index contributed by atoms with van der Waals surface area (Å²) >= 11 is 6.70. The number of nitrogens with zero attached hydrogens (tertiary/aromatic N) is 4. The Kier molecular flexibility index (Phi) is 5.31. The van der Waals surface area contributed by atoms with Gasteiger partial charge in [0.15, 0.2) is 5.82 Å². The molecule has 0 aromatic carbocycles. The highest BCUT2D eigenvalue weighted by Crippen LogP contribution is 2.49. The zero-order chi connectivity index (χ0) is 22.5. The lowest BCUT2D eigenvalue weighted by Gasteiger charge is -2.21. The number of fused-ring (bicyclic) bond motifs is 1. The first-order valence-electron chi connectivity index (χ1n) is 10.4. The van der Waals surface area contributed by atoms with Crippen molar-refractivity contribution in [1.82, 2.24) is 19.9 Å². The maximum atomic E-state index is 15.1. The number of hydrogen-bond acceptors (Lipinski definition) is 5. The summed E-state index contributed by atoms with van der Waals surface area (Å²) in [7, 11) is -0.326. The van der Waals surface area contributed by atoms with Crippen LogP contribution in [-0.4, -0.2) is 33.3 Å². The van der Waals surface area contributed by atoms with Crippen molar-refractivity contribution in [2.75, 3.05) is 18.6 Å². The molecule has 0 atom stereocenters. The van der Waals surface area contributed by atoms with E-state index in [4.69, 9.17) is 11.6 Å². The fraction of sp³-hybridized carbons (Fsp3) is 0.250. The Morgan fingerprint density at radius 3 is 2.53 bits per heavy atom. The Bertz CT molecular complexity index is 1310. The molecule has 1 fully saturated rings. The van der Waals surface area contributed by atoms with E-state index in [-0.39, 0.29) is 19.2 Å². The van der Waals surface area contributed by atoms with Crippen LogP contribution >= 0.6 is 19.5 Å². The van der Waals surface area contributed by atoms with Crippen LogP contribution in [0.4, 0.5) is 10.1 Å². The summed E-state index contributed by atoms with van der Waals surface area (Å²) in [6, 6.07) is 11.1. The Hall–Kier alpha value is -2.69. The summed E-state index contributed by atoms with van der Waals surface area (Å²) in [6.07, 6.45) is 5.33. The minimum absolute atomic E-state index is 0.237. The second kappa shape index (κ2) is 8.02. The van der Waals surface area contributed by atoms with Crippen molar-refractivity contribution in [2.24, 2.45) is 0 Å². The summed E-state index contributed by atoms with van der Waals surface area (Å²) in [4.78, 5) is 18.2. The predicted octanol–water partition coefficient (Wildman–Crippen LogP) is 5.66. The molecule has 32 heavy (non-hydrogen) atoms. The Labute approximate surface area is 192 Å². The highest BCUT2D eigenvalue weighted by Gasteiger charge is 2.46. The van der Waals surface area contributed by atoms with Gasteiger partial charge in [-0.25, -0.2) is 14.4 Å². The van der Waals surface area contributed by atoms with Crippen molar-refractivity contribution < 1.29 is 4.39 Å². The monoisotopic (exact) mass is 465 g/mol. The molecule has 0 amide bonds. The molecule has 4 aromatic heterocycles. The van der Waals surface area contributed by atoms with Gasteiger partial charge in [0, 0.05) is 24.0 Å². The molecule has 0 spiro atoms. The molecule has 162 valence electrons. The van der Waals surface area contributed by atoms with E-state index in [0.29, 0.717) is 33.0 Å². The van der Waals surface area contributed by atoms with E-state index in [1.54, 1.807) is 12.4 Å². The van der Waals surface area contributed by atoms with Gasteiger partial charge in [-0.1, -0.05) is 25.6 Å². The highest BCUT2D eigenvalue weighted by molar-refractivity contribution is 7.63. The summed E-state index contributed by atoms with van der Waals surface area (Å²) < 4.78 is 15.1.